The van der Waals surface area contributed by atoms with Crippen molar-refractivity contribution in [2.24, 2.45) is 0 Å². The summed E-state index contributed by atoms with van der Waals surface area (Å²) in [6, 6.07) is 18.8. The van der Waals surface area contributed by atoms with E-state index in [4.69, 9.17) is 4.74 Å². The molecule has 100 valence electrons. The fraction of sp³-hybridized carbons (Fsp3) is 0.294. The van der Waals surface area contributed by atoms with E-state index in [1.165, 1.54) is 11.3 Å². The predicted molar refractivity (Wildman–Crippen MR) is 81.0 cm³/mol. The number of anilines is 1. The topological polar surface area (TPSA) is 12.5 Å². The van der Waals surface area contributed by atoms with Crippen molar-refractivity contribution in [3.63, 3.8) is 0 Å². The standard InChI is InChI=1S/C17H21NO/c1-18(16-10-12-17(19-2)13-11-16)14-6-9-15-7-4-3-5-8-15/h3-5,7-8,10-13H,6,9,14H2,1-2H3. The maximum absolute atomic E-state index is 5.17. The van der Waals surface area contributed by atoms with Gasteiger partial charge in [-0.25, -0.2) is 0 Å². The Morgan fingerprint density at radius 2 is 1.63 bits per heavy atom. The van der Waals surface area contributed by atoms with Crippen molar-refractivity contribution in [1.82, 2.24) is 0 Å². The molecule has 0 unspecified atom stereocenters. The Kier molecular flexibility index (Phi) is 4.85. The van der Waals surface area contributed by atoms with E-state index in [0.29, 0.717) is 0 Å². The zero-order valence-electron chi connectivity index (χ0n) is 11.7. The van der Waals surface area contributed by atoms with Crippen LogP contribution in [0.4, 0.5) is 5.69 Å². The van der Waals surface area contributed by atoms with Crippen LogP contribution in [0.15, 0.2) is 54.6 Å². The van der Waals surface area contributed by atoms with Crippen LogP contribution >= 0.6 is 0 Å². The molecule has 0 spiro atoms. The van der Waals surface area contributed by atoms with E-state index in [1.807, 2.05) is 12.1 Å². The number of aryl methyl sites for hydroxylation is 1. The van der Waals surface area contributed by atoms with Gasteiger partial charge in [0.2, 0.25) is 0 Å². The Labute approximate surface area is 115 Å². The maximum Gasteiger partial charge on any atom is 0.119 e. The predicted octanol–water partition coefficient (Wildman–Crippen LogP) is 3.76. The van der Waals surface area contributed by atoms with Gasteiger partial charge in [-0.3, -0.25) is 0 Å². The molecule has 0 fully saturated rings. The van der Waals surface area contributed by atoms with Crippen molar-refractivity contribution in [1.29, 1.82) is 0 Å². The lowest BCUT2D eigenvalue weighted by Crippen LogP contribution is -2.18. The highest BCUT2D eigenvalue weighted by Gasteiger charge is 2.01. The third kappa shape index (κ3) is 4.02. The Bertz CT molecular complexity index is 478. The lowest BCUT2D eigenvalue weighted by molar-refractivity contribution is 0.415. The number of hydrogen-bond acceptors (Lipinski definition) is 2. The zero-order valence-corrected chi connectivity index (χ0v) is 11.7. The number of rotatable bonds is 6. The second-order valence-corrected chi connectivity index (χ2v) is 4.71. The van der Waals surface area contributed by atoms with Crippen LogP contribution in [0, 0.1) is 0 Å². The van der Waals surface area contributed by atoms with E-state index in [1.54, 1.807) is 7.11 Å². The van der Waals surface area contributed by atoms with Gasteiger partial charge in [0.25, 0.3) is 0 Å². The fourth-order valence-electron chi connectivity index (χ4n) is 2.13. The Morgan fingerprint density at radius 3 is 2.26 bits per heavy atom. The largest absolute Gasteiger partial charge is 0.497 e. The summed E-state index contributed by atoms with van der Waals surface area (Å²) in [6.07, 6.45) is 2.29. The minimum atomic E-state index is 0.904. The molecule has 0 aliphatic carbocycles. The summed E-state index contributed by atoms with van der Waals surface area (Å²) in [5.41, 5.74) is 2.64. The average molecular weight is 255 g/mol. The van der Waals surface area contributed by atoms with Crippen LogP contribution in [0.2, 0.25) is 0 Å². The molecule has 0 aliphatic rings. The molecule has 0 radical (unpaired) electrons. The molecule has 2 rings (SSSR count). The summed E-state index contributed by atoms with van der Waals surface area (Å²) in [7, 11) is 3.82. The van der Waals surface area contributed by atoms with Crippen molar-refractivity contribution >= 4 is 5.69 Å². The highest BCUT2D eigenvalue weighted by Crippen LogP contribution is 2.18. The molecule has 0 amide bonds. The van der Waals surface area contributed by atoms with Crippen molar-refractivity contribution in [3.8, 4) is 5.75 Å². The molecule has 0 heterocycles. The van der Waals surface area contributed by atoms with Gasteiger partial charge < -0.3 is 9.64 Å². The third-order valence-corrected chi connectivity index (χ3v) is 3.31. The van der Waals surface area contributed by atoms with Crippen LogP contribution in [-0.4, -0.2) is 20.7 Å². The molecule has 0 saturated carbocycles. The summed E-state index contributed by atoms with van der Waals surface area (Å²) < 4.78 is 5.17. The number of ether oxygens (including phenoxy) is 1. The fourth-order valence-corrected chi connectivity index (χ4v) is 2.13. The minimum absolute atomic E-state index is 0.904. The maximum atomic E-state index is 5.17. The lowest BCUT2D eigenvalue weighted by Gasteiger charge is -2.19. The molecule has 0 bridgehead atoms. The molecule has 2 aromatic carbocycles. The summed E-state index contributed by atoms with van der Waals surface area (Å²) in [6.45, 7) is 1.06. The van der Waals surface area contributed by atoms with Gasteiger partial charge >= 0.3 is 0 Å². The van der Waals surface area contributed by atoms with E-state index >= 15 is 0 Å². The summed E-state index contributed by atoms with van der Waals surface area (Å²) in [5, 5.41) is 0. The van der Waals surface area contributed by atoms with E-state index in [0.717, 1.165) is 25.1 Å². The number of hydrogen-bond donors (Lipinski definition) is 0. The number of nitrogens with zero attached hydrogens (tertiary/aromatic N) is 1. The monoisotopic (exact) mass is 255 g/mol. The first-order valence-corrected chi connectivity index (χ1v) is 6.69. The lowest BCUT2D eigenvalue weighted by atomic mass is 10.1. The van der Waals surface area contributed by atoms with Gasteiger partial charge in [0.15, 0.2) is 0 Å². The molecule has 0 aliphatic heterocycles. The molecule has 0 N–H and O–H groups in total. The summed E-state index contributed by atoms with van der Waals surface area (Å²) >= 11 is 0. The first kappa shape index (κ1) is 13.5. The van der Waals surface area contributed by atoms with Crippen molar-refractivity contribution in [2.75, 3.05) is 25.6 Å². The molecule has 2 aromatic rings. The Balaban J connectivity index is 1.82. The molecule has 2 nitrogen and oxygen atoms in total. The summed E-state index contributed by atoms with van der Waals surface area (Å²) in [4.78, 5) is 2.28. The van der Waals surface area contributed by atoms with Gasteiger partial charge in [0, 0.05) is 19.3 Å². The van der Waals surface area contributed by atoms with Gasteiger partial charge in [0.1, 0.15) is 5.75 Å². The second-order valence-electron chi connectivity index (χ2n) is 4.71. The molecule has 0 aromatic heterocycles. The van der Waals surface area contributed by atoms with Gasteiger partial charge in [0.05, 0.1) is 7.11 Å². The van der Waals surface area contributed by atoms with Gasteiger partial charge in [-0.2, -0.15) is 0 Å². The van der Waals surface area contributed by atoms with Crippen molar-refractivity contribution in [3.05, 3.63) is 60.2 Å². The van der Waals surface area contributed by atoms with Crippen molar-refractivity contribution < 1.29 is 4.74 Å². The van der Waals surface area contributed by atoms with E-state index in [-0.39, 0.29) is 0 Å². The smallest absolute Gasteiger partial charge is 0.119 e. The molecule has 19 heavy (non-hydrogen) atoms. The Hall–Kier alpha value is -1.96. The first-order chi connectivity index (χ1) is 9.29. The zero-order chi connectivity index (χ0) is 13.5. The van der Waals surface area contributed by atoms with E-state index in [9.17, 15) is 0 Å². The number of benzene rings is 2. The van der Waals surface area contributed by atoms with Gasteiger partial charge in [-0.05, 0) is 42.7 Å². The molecule has 2 heteroatoms. The number of methoxy groups -OCH3 is 1. The van der Waals surface area contributed by atoms with Crippen LogP contribution in [0.5, 0.6) is 5.75 Å². The first-order valence-electron chi connectivity index (χ1n) is 6.69. The normalized spacial score (nSPS) is 10.2. The summed E-state index contributed by atoms with van der Waals surface area (Å²) in [5.74, 6) is 0.904. The molecule has 0 saturated heterocycles. The quantitative estimate of drug-likeness (QED) is 0.779. The SMILES string of the molecule is COc1ccc(N(C)CCCc2ccccc2)cc1. The van der Waals surface area contributed by atoms with Gasteiger partial charge in [-0.1, -0.05) is 30.3 Å². The highest BCUT2D eigenvalue weighted by atomic mass is 16.5. The third-order valence-electron chi connectivity index (χ3n) is 3.31. The minimum Gasteiger partial charge on any atom is -0.497 e. The van der Waals surface area contributed by atoms with E-state index < -0.39 is 0 Å². The molecular weight excluding hydrogens is 234 g/mol. The van der Waals surface area contributed by atoms with Crippen LogP contribution in [0.3, 0.4) is 0 Å². The van der Waals surface area contributed by atoms with Crippen molar-refractivity contribution in [2.45, 2.75) is 12.8 Å². The van der Waals surface area contributed by atoms with Crippen LogP contribution in [0.1, 0.15) is 12.0 Å². The van der Waals surface area contributed by atoms with Crippen LogP contribution < -0.4 is 9.64 Å². The van der Waals surface area contributed by atoms with Crippen LogP contribution in [-0.2, 0) is 6.42 Å². The van der Waals surface area contributed by atoms with Crippen LogP contribution in [0.25, 0.3) is 0 Å². The molecular formula is C17H21NO. The van der Waals surface area contributed by atoms with E-state index in [2.05, 4.69) is 54.4 Å². The van der Waals surface area contributed by atoms with Gasteiger partial charge in [-0.15, -0.1) is 0 Å². The molecule has 0 atom stereocenters. The Morgan fingerprint density at radius 1 is 0.947 bits per heavy atom. The highest BCUT2D eigenvalue weighted by molar-refractivity contribution is 5.48. The average Bonchev–Trinajstić information content (AvgIpc) is 2.48. The second kappa shape index (κ2) is 6.83.